The Hall–Kier alpha value is -2.24. The van der Waals surface area contributed by atoms with Gasteiger partial charge in [0.15, 0.2) is 11.5 Å². The van der Waals surface area contributed by atoms with E-state index in [1.807, 2.05) is 0 Å². The minimum absolute atomic E-state index is 0.0193. The molecule has 1 aliphatic heterocycles. The van der Waals surface area contributed by atoms with Crippen LogP contribution in [0, 0.1) is 0 Å². The summed E-state index contributed by atoms with van der Waals surface area (Å²) in [5.74, 6) is 0.956. The first-order valence-electron chi connectivity index (χ1n) is 8.10. The second-order valence-electron chi connectivity index (χ2n) is 6.05. The molecule has 0 unspecified atom stereocenters. The maximum Gasteiger partial charge on any atom is 0.240 e. The molecule has 1 heterocycles. The van der Waals surface area contributed by atoms with E-state index in [1.165, 1.54) is 18.2 Å². The number of rotatable bonds is 4. The van der Waals surface area contributed by atoms with Crippen LogP contribution in [0.2, 0.25) is 0 Å². The highest BCUT2D eigenvalue weighted by molar-refractivity contribution is 5.97. The third-order valence-corrected chi connectivity index (χ3v) is 4.32. The molecular weight excluding hydrogens is 296 g/mol. The number of amides is 2. The molecule has 0 atom stereocenters. The van der Waals surface area contributed by atoms with Gasteiger partial charge in [-0.25, -0.2) is 0 Å². The van der Waals surface area contributed by atoms with Crippen LogP contribution in [0.4, 0.5) is 5.69 Å². The number of carbonyl (C=O) groups excluding carboxylic acids is 2. The number of hydrogen-bond acceptors (Lipinski definition) is 4. The summed E-state index contributed by atoms with van der Waals surface area (Å²) in [7, 11) is 0. The Morgan fingerprint density at radius 2 is 1.91 bits per heavy atom. The van der Waals surface area contributed by atoms with Crippen LogP contribution in [0.1, 0.15) is 39.0 Å². The summed E-state index contributed by atoms with van der Waals surface area (Å²) in [5.41, 5.74) is 0.639. The van der Waals surface area contributed by atoms with Gasteiger partial charge in [-0.15, -0.1) is 0 Å². The summed E-state index contributed by atoms with van der Waals surface area (Å²) >= 11 is 0. The molecule has 0 saturated heterocycles. The molecule has 6 nitrogen and oxygen atoms in total. The summed E-state index contributed by atoms with van der Waals surface area (Å²) in [6, 6.07) is 5.49. The van der Waals surface area contributed by atoms with Crippen molar-refractivity contribution in [3.63, 3.8) is 0 Å². The molecule has 124 valence electrons. The molecule has 2 aliphatic rings. The highest BCUT2D eigenvalue weighted by Gasteiger charge is 2.22. The average Bonchev–Trinajstić information content (AvgIpc) is 3.01. The van der Waals surface area contributed by atoms with E-state index in [0.717, 1.165) is 25.7 Å². The average molecular weight is 318 g/mol. The smallest absolute Gasteiger partial charge is 0.240 e. The number of nitrogens with zero attached hydrogens (tertiary/aromatic N) is 1. The topological polar surface area (TPSA) is 67.9 Å². The van der Waals surface area contributed by atoms with Crippen molar-refractivity contribution in [3.8, 4) is 11.5 Å². The molecule has 0 aromatic heterocycles. The Balaban J connectivity index is 1.66. The second-order valence-corrected chi connectivity index (χ2v) is 6.05. The summed E-state index contributed by atoms with van der Waals surface area (Å²) < 4.78 is 10.6. The van der Waals surface area contributed by atoms with Crippen molar-refractivity contribution in [2.24, 2.45) is 0 Å². The fraction of sp³-hybridized carbons (Fsp3) is 0.529. The van der Waals surface area contributed by atoms with Gasteiger partial charge in [0.25, 0.3) is 0 Å². The highest BCUT2D eigenvalue weighted by Crippen LogP contribution is 2.35. The molecule has 23 heavy (non-hydrogen) atoms. The lowest BCUT2D eigenvalue weighted by Gasteiger charge is -2.25. The Bertz CT molecular complexity index is 596. The summed E-state index contributed by atoms with van der Waals surface area (Å²) in [6.07, 6.45) is 5.60. The predicted molar refractivity (Wildman–Crippen MR) is 85.6 cm³/mol. The van der Waals surface area contributed by atoms with Gasteiger partial charge in [-0.05, 0) is 25.0 Å². The van der Waals surface area contributed by atoms with Gasteiger partial charge < -0.3 is 19.7 Å². The van der Waals surface area contributed by atoms with Crippen molar-refractivity contribution in [2.45, 2.75) is 45.1 Å². The van der Waals surface area contributed by atoms with Gasteiger partial charge in [-0.2, -0.15) is 0 Å². The van der Waals surface area contributed by atoms with Crippen molar-refractivity contribution >= 4 is 17.5 Å². The van der Waals surface area contributed by atoms with Gasteiger partial charge >= 0.3 is 0 Å². The fourth-order valence-electron chi connectivity index (χ4n) is 3.10. The molecule has 1 aliphatic carbocycles. The van der Waals surface area contributed by atoms with Gasteiger partial charge in [-0.3, -0.25) is 9.59 Å². The van der Waals surface area contributed by atoms with E-state index in [9.17, 15) is 9.59 Å². The van der Waals surface area contributed by atoms with Gasteiger partial charge in [0, 0.05) is 24.7 Å². The third kappa shape index (κ3) is 3.75. The fourth-order valence-corrected chi connectivity index (χ4v) is 3.10. The lowest BCUT2D eigenvalue weighted by atomic mass is 9.95. The van der Waals surface area contributed by atoms with Crippen molar-refractivity contribution in [2.75, 3.05) is 18.2 Å². The molecular formula is C17H22N2O4. The van der Waals surface area contributed by atoms with Gasteiger partial charge in [0.05, 0.1) is 0 Å². The first kappa shape index (κ1) is 15.6. The number of ether oxygens (including phenoxy) is 2. The van der Waals surface area contributed by atoms with Crippen LogP contribution in [0.25, 0.3) is 0 Å². The molecule has 1 aromatic carbocycles. The van der Waals surface area contributed by atoms with Gasteiger partial charge in [-0.1, -0.05) is 19.3 Å². The van der Waals surface area contributed by atoms with E-state index in [2.05, 4.69) is 5.32 Å². The van der Waals surface area contributed by atoms with Gasteiger partial charge in [0.1, 0.15) is 6.54 Å². The van der Waals surface area contributed by atoms with E-state index < -0.39 is 0 Å². The zero-order valence-electron chi connectivity index (χ0n) is 13.3. The van der Waals surface area contributed by atoms with Crippen molar-refractivity contribution in [1.82, 2.24) is 5.32 Å². The molecule has 0 radical (unpaired) electrons. The number of nitrogens with one attached hydrogen (secondary N) is 1. The molecule has 1 saturated carbocycles. The van der Waals surface area contributed by atoms with Crippen LogP contribution >= 0.6 is 0 Å². The van der Waals surface area contributed by atoms with E-state index in [4.69, 9.17) is 9.47 Å². The maximum absolute atomic E-state index is 12.3. The SMILES string of the molecule is CC(=O)N(CC(=O)NC1CCCCC1)c1ccc2c(c1)OCO2. The predicted octanol–water partition coefficient (Wildman–Crippen LogP) is 2.22. The number of hydrogen-bond donors (Lipinski definition) is 1. The van der Waals surface area contributed by atoms with E-state index in [0.29, 0.717) is 17.2 Å². The number of fused-ring (bicyclic) bond motifs is 1. The van der Waals surface area contributed by atoms with Crippen LogP contribution in [0.3, 0.4) is 0 Å². The minimum Gasteiger partial charge on any atom is -0.454 e. The van der Waals surface area contributed by atoms with Crippen LogP contribution in [-0.2, 0) is 9.59 Å². The van der Waals surface area contributed by atoms with Crippen LogP contribution in [-0.4, -0.2) is 31.2 Å². The molecule has 6 heteroatoms. The van der Waals surface area contributed by atoms with Crippen LogP contribution in [0.5, 0.6) is 11.5 Å². The van der Waals surface area contributed by atoms with E-state index in [-0.39, 0.29) is 31.2 Å². The Morgan fingerprint density at radius 1 is 1.17 bits per heavy atom. The normalized spacial score (nSPS) is 16.9. The number of carbonyl (C=O) groups is 2. The largest absolute Gasteiger partial charge is 0.454 e. The second kappa shape index (κ2) is 6.89. The van der Waals surface area contributed by atoms with Crippen molar-refractivity contribution < 1.29 is 19.1 Å². The number of anilines is 1. The summed E-state index contributed by atoms with van der Waals surface area (Å²) in [4.78, 5) is 25.7. The molecule has 2 amide bonds. The third-order valence-electron chi connectivity index (χ3n) is 4.32. The van der Waals surface area contributed by atoms with E-state index in [1.54, 1.807) is 18.2 Å². The highest BCUT2D eigenvalue weighted by atomic mass is 16.7. The lowest BCUT2D eigenvalue weighted by Crippen LogP contribution is -2.44. The van der Waals surface area contributed by atoms with Crippen LogP contribution in [0.15, 0.2) is 18.2 Å². The van der Waals surface area contributed by atoms with E-state index >= 15 is 0 Å². The lowest BCUT2D eigenvalue weighted by molar-refractivity contribution is -0.123. The number of benzene rings is 1. The van der Waals surface area contributed by atoms with Crippen molar-refractivity contribution in [3.05, 3.63) is 18.2 Å². The molecule has 1 aromatic rings. The first-order valence-corrected chi connectivity index (χ1v) is 8.10. The molecule has 1 N–H and O–H groups in total. The summed E-state index contributed by atoms with van der Waals surface area (Å²) in [6.45, 7) is 1.66. The maximum atomic E-state index is 12.3. The Morgan fingerprint density at radius 3 is 2.65 bits per heavy atom. The van der Waals surface area contributed by atoms with Crippen molar-refractivity contribution in [1.29, 1.82) is 0 Å². The first-order chi connectivity index (χ1) is 11.1. The molecule has 0 bridgehead atoms. The zero-order valence-corrected chi connectivity index (χ0v) is 13.3. The standard InChI is InChI=1S/C17H22N2O4/c1-12(20)19(10-17(21)18-13-5-3-2-4-6-13)14-7-8-15-16(9-14)23-11-22-15/h7-9,13H,2-6,10-11H2,1H3,(H,18,21). The molecule has 1 fully saturated rings. The Labute approximate surface area is 135 Å². The quantitative estimate of drug-likeness (QED) is 0.924. The molecule has 3 rings (SSSR count). The van der Waals surface area contributed by atoms with Crippen LogP contribution < -0.4 is 19.7 Å². The minimum atomic E-state index is -0.178. The zero-order chi connectivity index (χ0) is 16.2. The Kier molecular flexibility index (Phi) is 4.69. The summed E-state index contributed by atoms with van der Waals surface area (Å²) in [5, 5.41) is 3.04. The molecule has 0 spiro atoms. The van der Waals surface area contributed by atoms with Gasteiger partial charge in [0.2, 0.25) is 18.6 Å². The monoisotopic (exact) mass is 318 g/mol.